The Hall–Kier alpha value is -0.940. The lowest BCUT2D eigenvalue weighted by Gasteiger charge is -2.20. The zero-order valence-corrected chi connectivity index (χ0v) is 9.78. The third kappa shape index (κ3) is 3.97. The Labute approximate surface area is 90.2 Å². The Kier molecular flexibility index (Phi) is 4.71. The molecule has 1 atom stereocenters. The van der Waals surface area contributed by atoms with E-state index in [-0.39, 0.29) is 0 Å². The van der Waals surface area contributed by atoms with Crippen molar-refractivity contribution in [2.75, 3.05) is 13.7 Å². The minimum atomic E-state index is 0.314. The van der Waals surface area contributed by atoms with Gasteiger partial charge in [0.2, 0.25) is 5.89 Å². The van der Waals surface area contributed by atoms with Crippen LogP contribution in [0, 0.1) is 12.8 Å². The highest BCUT2D eigenvalue weighted by Crippen LogP contribution is 2.03. The van der Waals surface area contributed by atoms with E-state index in [1.165, 1.54) is 0 Å². The monoisotopic (exact) mass is 213 g/mol. The molecule has 0 saturated carbocycles. The number of methoxy groups -OCH3 is 1. The van der Waals surface area contributed by atoms with Gasteiger partial charge in [-0.3, -0.25) is 0 Å². The minimum absolute atomic E-state index is 0.314. The predicted octanol–water partition coefficient (Wildman–Crippen LogP) is 1.14. The molecule has 15 heavy (non-hydrogen) atoms. The molecule has 0 aliphatic carbocycles. The third-order valence-electron chi connectivity index (χ3n) is 2.24. The first-order chi connectivity index (χ1) is 7.13. The van der Waals surface area contributed by atoms with Crippen molar-refractivity contribution >= 4 is 0 Å². The van der Waals surface area contributed by atoms with E-state index in [2.05, 4.69) is 29.3 Å². The van der Waals surface area contributed by atoms with Crippen LogP contribution in [-0.2, 0) is 11.3 Å². The summed E-state index contributed by atoms with van der Waals surface area (Å²) < 4.78 is 10.0. The first kappa shape index (κ1) is 12.1. The van der Waals surface area contributed by atoms with Gasteiger partial charge in [0, 0.05) is 20.1 Å². The number of nitrogens with zero attached hydrogens (tertiary/aromatic N) is 2. The van der Waals surface area contributed by atoms with E-state index in [0.717, 1.165) is 0 Å². The molecule has 1 N–H and O–H groups in total. The Bertz CT molecular complexity index is 286. The van der Waals surface area contributed by atoms with Crippen LogP contribution in [0.4, 0.5) is 0 Å². The topological polar surface area (TPSA) is 60.2 Å². The molecule has 1 rings (SSSR count). The van der Waals surface area contributed by atoms with Crippen LogP contribution in [0.5, 0.6) is 0 Å². The van der Waals surface area contributed by atoms with E-state index in [4.69, 9.17) is 9.26 Å². The summed E-state index contributed by atoms with van der Waals surface area (Å²) >= 11 is 0. The smallest absolute Gasteiger partial charge is 0.223 e. The molecule has 1 aromatic rings. The van der Waals surface area contributed by atoms with E-state index >= 15 is 0 Å². The van der Waals surface area contributed by atoms with Crippen molar-refractivity contribution in [1.82, 2.24) is 15.5 Å². The van der Waals surface area contributed by atoms with Gasteiger partial charge in [-0.05, 0) is 5.92 Å². The van der Waals surface area contributed by atoms with E-state index in [1.807, 2.05) is 0 Å². The van der Waals surface area contributed by atoms with Crippen molar-refractivity contribution in [1.29, 1.82) is 0 Å². The Balaban J connectivity index is 2.39. The molecule has 0 fully saturated rings. The summed E-state index contributed by atoms with van der Waals surface area (Å²) in [6.07, 6.45) is 0. The lowest BCUT2D eigenvalue weighted by atomic mass is 10.1. The maximum atomic E-state index is 5.13. The molecule has 1 unspecified atom stereocenters. The molecule has 5 heteroatoms. The number of hydrogen-bond acceptors (Lipinski definition) is 5. The molecule has 86 valence electrons. The first-order valence-corrected chi connectivity index (χ1v) is 5.15. The fourth-order valence-corrected chi connectivity index (χ4v) is 1.30. The van der Waals surface area contributed by atoms with Gasteiger partial charge < -0.3 is 14.6 Å². The number of rotatable bonds is 6. The molecular weight excluding hydrogens is 194 g/mol. The predicted molar refractivity (Wildman–Crippen MR) is 56.4 cm³/mol. The number of nitrogens with one attached hydrogen (secondary N) is 1. The van der Waals surface area contributed by atoms with Gasteiger partial charge in [-0.25, -0.2) is 0 Å². The fourth-order valence-electron chi connectivity index (χ4n) is 1.30. The fraction of sp³-hybridized carbons (Fsp3) is 0.800. The van der Waals surface area contributed by atoms with E-state index in [9.17, 15) is 0 Å². The minimum Gasteiger partial charge on any atom is -0.383 e. The summed E-state index contributed by atoms with van der Waals surface area (Å²) in [5.74, 6) is 1.80. The lowest BCUT2D eigenvalue weighted by molar-refractivity contribution is 0.146. The number of ether oxygens (including phenoxy) is 1. The van der Waals surface area contributed by atoms with Gasteiger partial charge in [-0.1, -0.05) is 19.0 Å². The van der Waals surface area contributed by atoms with Crippen molar-refractivity contribution in [2.24, 2.45) is 5.92 Å². The molecule has 0 aromatic carbocycles. The van der Waals surface area contributed by atoms with Crippen molar-refractivity contribution in [3.8, 4) is 0 Å². The Morgan fingerprint density at radius 3 is 2.67 bits per heavy atom. The van der Waals surface area contributed by atoms with E-state index in [1.54, 1.807) is 14.0 Å². The van der Waals surface area contributed by atoms with Crippen LogP contribution >= 0.6 is 0 Å². The molecule has 0 saturated heterocycles. The van der Waals surface area contributed by atoms with Crippen LogP contribution in [0.3, 0.4) is 0 Å². The molecule has 0 amide bonds. The second kappa shape index (κ2) is 5.82. The van der Waals surface area contributed by atoms with E-state index in [0.29, 0.717) is 36.8 Å². The van der Waals surface area contributed by atoms with Gasteiger partial charge in [0.25, 0.3) is 0 Å². The average molecular weight is 213 g/mol. The van der Waals surface area contributed by atoms with Crippen molar-refractivity contribution in [3.63, 3.8) is 0 Å². The standard InChI is InChI=1S/C10H19N3O2/c1-7(2)9(6-14-4)11-5-10-12-8(3)15-13-10/h7,9,11H,5-6H2,1-4H3. The van der Waals surface area contributed by atoms with Gasteiger partial charge >= 0.3 is 0 Å². The Morgan fingerprint density at radius 1 is 1.47 bits per heavy atom. The zero-order chi connectivity index (χ0) is 11.3. The van der Waals surface area contributed by atoms with Crippen LogP contribution in [-0.4, -0.2) is 29.9 Å². The molecule has 1 aromatic heterocycles. The highest BCUT2D eigenvalue weighted by Gasteiger charge is 2.13. The molecule has 5 nitrogen and oxygen atoms in total. The number of aryl methyl sites for hydroxylation is 1. The average Bonchev–Trinajstić information content (AvgIpc) is 2.58. The van der Waals surface area contributed by atoms with Gasteiger partial charge in [-0.15, -0.1) is 0 Å². The van der Waals surface area contributed by atoms with E-state index < -0.39 is 0 Å². The SMILES string of the molecule is COCC(NCc1noc(C)n1)C(C)C. The largest absolute Gasteiger partial charge is 0.383 e. The number of hydrogen-bond donors (Lipinski definition) is 1. The first-order valence-electron chi connectivity index (χ1n) is 5.15. The van der Waals surface area contributed by atoms with Crippen molar-refractivity contribution < 1.29 is 9.26 Å². The maximum Gasteiger partial charge on any atom is 0.223 e. The highest BCUT2D eigenvalue weighted by atomic mass is 16.5. The zero-order valence-electron chi connectivity index (χ0n) is 9.78. The van der Waals surface area contributed by atoms with Crippen LogP contribution in [0.2, 0.25) is 0 Å². The molecular formula is C10H19N3O2. The normalized spacial score (nSPS) is 13.4. The van der Waals surface area contributed by atoms with Crippen molar-refractivity contribution in [3.05, 3.63) is 11.7 Å². The molecule has 0 aliphatic heterocycles. The summed E-state index contributed by atoms with van der Waals surface area (Å²) in [6.45, 7) is 7.39. The molecule has 0 spiro atoms. The van der Waals surface area contributed by atoms with Crippen LogP contribution in [0.1, 0.15) is 25.6 Å². The van der Waals surface area contributed by atoms with Gasteiger partial charge in [0.1, 0.15) is 0 Å². The van der Waals surface area contributed by atoms with Gasteiger partial charge in [0.05, 0.1) is 13.2 Å². The highest BCUT2D eigenvalue weighted by molar-refractivity contribution is 4.84. The van der Waals surface area contributed by atoms with Crippen LogP contribution in [0.25, 0.3) is 0 Å². The third-order valence-corrected chi connectivity index (χ3v) is 2.24. The van der Waals surface area contributed by atoms with Crippen molar-refractivity contribution in [2.45, 2.75) is 33.4 Å². The summed E-state index contributed by atoms with van der Waals surface area (Å²) in [5, 5.41) is 7.16. The number of aromatic nitrogens is 2. The molecule has 1 heterocycles. The van der Waals surface area contributed by atoms with Gasteiger partial charge in [0.15, 0.2) is 5.82 Å². The second-order valence-electron chi connectivity index (χ2n) is 3.92. The molecule has 0 radical (unpaired) electrons. The lowest BCUT2D eigenvalue weighted by Crippen LogP contribution is -2.37. The molecule has 0 aliphatic rings. The van der Waals surface area contributed by atoms with Crippen LogP contribution in [0.15, 0.2) is 4.52 Å². The molecule has 0 bridgehead atoms. The summed E-state index contributed by atoms with van der Waals surface area (Å²) in [5.41, 5.74) is 0. The summed E-state index contributed by atoms with van der Waals surface area (Å²) in [6, 6.07) is 0.314. The maximum absolute atomic E-state index is 5.13. The summed E-state index contributed by atoms with van der Waals surface area (Å²) in [4.78, 5) is 4.12. The van der Waals surface area contributed by atoms with Gasteiger partial charge in [-0.2, -0.15) is 4.98 Å². The second-order valence-corrected chi connectivity index (χ2v) is 3.92. The van der Waals surface area contributed by atoms with Crippen LogP contribution < -0.4 is 5.32 Å². The quantitative estimate of drug-likeness (QED) is 0.767. The summed E-state index contributed by atoms with van der Waals surface area (Å²) in [7, 11) is 1.70. The Morgan fingerprint density at radius 2 is 2.20 bits per heavy atom.